The van der Waals surface area contributed by atoms with Crippen LogP contribution in [0, 0.1) is 0 Å². The lowest BCUT2D eigenvalue weighted by atomic mass is 10.0. The summed E-state index contributed by atoms with van der Waals surface area (Å²) in [5.41, 5.74) is 0. The van der Waals surface area contributed by atoms with Crippen LogP contribution in [-0.2, 0) is 28.6 Å². The molecule has 1 atom stereocenters. The van der Waals surface area contributed by atoms with E-state index < -0.39 is 6.10 Å². The van der Waals surface area contributed by atoms with Gasteiger partial charge in [-0.25, -0.2) is 0 Å². The Morgan fingerprint density at radius 2 is 0.500 bits per heavy atom. The number of rotatable bonds is 64. The lowest BCUT2D eigenvalue weighted by Gasteiger charge is -2.18. The van der Waals surface area contributed by atoms with Crippen molar-refractivity contribution in [1.29, 1.82) is 0 Å². The fourth-order valence-electron chi connectivity index (χ4n) is 10.1. The van der Waals surface area contributed by atoms with Gasteiger partial charge in [0, 0.05) is 19.3 Å². The molecule has 0 N–H and O–H groups in total. The first-order valence-corrected chi connectivity index (χ1v) is 35.2. The second-order valence-electron chi connectivity index (χ2n) is 23.4. The van der Waals surface area contributed by atoms with Gasteiger partial charge < -0.3 is 14.2 Å². The molecule has 0 heterocycles. The Hall–Kier alpha value is -3.67. The number of ether oxygens (including phenoxy) is 3. The molecule has 82 heavy (non-hydrogen) atoms. The van der Waals surface area contributed by atoms with E-state index in [2.05, 4.69) is 118 Å². The van der Waals surface area contributed by atoms with Gasteiger partial charge in [0.1, 0.15) is 13.2 Å². The lowest BCUT2D eigenvalue weighted by molar-refractivity contribution is -0.167. The maximum Gasteiger partial charge on any atom is 0.306 e. The van der Waals surface area contributed by atoms with Gasteiger partial charge in [-0.2, -0.15) is 0 Å². The van der Waals surface area contributed by atoms with E-state index in [1.807, 2.05) is 0 Å². The van der Waals surface area contributed by atoms with Crippen LogP contribution < -0.4 is 0 Å². The van der Waals surface area contributed by atoms with E-state index in [1.165, 1.54) is 180 Å². The zero-order valence-corrected chi connectivity index (χ0v) is 54.2. The van der Waals surface area contributed by atoms with Crippen LogP contribution in [0.15, 0.2) is 97.2 Å². The molecule has 472 valence electrons. The topological polar surface area (TPSA) is 78.9 Å². The molecule has 0 aromatic carbocycles. The summed E-state index contributed by atoms with van der Waals surface area (Å²) >= 11 is 0. The van der Waals surface area contributed by atoms with Crippen LogP contribution in [0.4, 0.5) is 0 Å². The minimum Gasteiger partial charge on any atom is -0.462 e. The zero-order chi connectivity index (χ0) is 59.2. The van der Waals surface area contributed by atoms with E-state index >= 15 is 0 Å². The molecule has 0 saturated heterocycles. The molecule has 0 saturated carbocycles. The maximum absolute atomic E-state index is 13.0. The zero-order valence-electron chi connectivity index (χ0n) is 54.2. The molecule has 0 spiro atoms. The molecule has 0 rings (SSSR count). The third-order valence-electron chi connectivity index (χ3n) is 15.3. The summed E-state index contributed by atoms with van der Waals surface area (Å²) in [5.74, 6) is -0.889. The summed E-state index contributed by atoms with van der Waals surface area (Å²) < 4.78 is 17.0. The van der Waals surface area contributed by atoms with Gasteiger partial charge in [-0.1, -0.05) is 330 Å². The van der Waals surface area contributed by atoms with Gasteiger partial charge in [0.25, 0.3) is 0 Å². The van der Waals surface area contributed by atoms with Crippen molar-refractivity contribution in [3.05, 3.63) is 97.2 Å². The van der Waals surface area contributed by atoms with E-state index in [-0.39, 0.29) is 31.1 Å². The summed E-state index contributed by atoms with van der Waals surface area (Å²) in [6.07, 6.45) is 94.3. The SMILES string of the molecule is CC/C=C\C/C=C\C/C=C\C/C=C\C/C=C\C/C=C\CCCCCCCCCCC(=O)OCC(COC(=O)CCCCCCC/C=C\C/C=C\CCC)OC(=O)CCCCCCCCCCCCCCCCCCCCCCCCCC. The molecular weight excluding hydrogens is 1010 g/mol. The van der Waals surface area contributed by atoms with Crippen LogP contribution in [0.5, 0.6) is 0 Å². The van der Waals surface area contributed by atoms with E-state index in [0.29, 0.717) is 19.3 Å². The molecule has 0 aliphatic heterocycles. The second-order valence-corrected chi connectivity index (χ2v) is 23.4. The third kappa shape index (κ3) is 67.1. The van der Waals surface area contributed by atoms with E-state index in [4.69, 9.17) is 14.2 Å². The molecule has 0 radical (unpaired) electrons. The van der Waals surface area contributed by atoms with E-state index in [9.17, 15) is 14.4 Å². The predicted molar refractivity (Wildman–Crippen MR) is 357 cm³/mol. The highest BCUT2D eigenvalue weighted by Crippen LogP contribution is 2.18. The molecular formula is C76H132O6. The van der Waals surface area contributed by atoms with Crippen LogP contribution in [0.25, 0.3) is 0 Å². The van der Waals surface area contributed by atoms with E-state index in [1.54, 1.807) is 0 Å². The highest BCUT2D eigenvalue weighted by molar-refractivity contribution is 5.71. The number of esters is 3. The maximum atomic E-state index is 13.0. The van der Waals surface area contributed by atoms with Crippen LogP contribution in [-0.4, -0.2) is 37.2 Å². The largest absolute Gasteiger partial charge is 0.462 e. The Morgan fingerprint density at radius 3 is 0.793 bits per heavy atom. The standard InChI is InChI=1S/C76H132O6/c1-4-7-10-13-16-19-22-25-27-29-31-33-35-37-38-39-41-42-44-46-48-51-54-57-60-63-66-69-75(78)81-72-73(71-80-74(77)68-65-62-59-56-53-50-24-21-18-15-12-9-6-3)82-76(79)70-67-64-61-58-55-52-49-47-45-43-40-36-34-32-30-28-26-23-20-17-14-11-8-5-2/h7,10,12,15-16,19,21,24-25,27,31,33,37-38,41-42,73H,4-6,8-9,11,13-14,17-18,20,22-23,26,28-30,32,34-36,39-40,43-72H2,1-3H3/b10-7-,15-12-,19-16-,24-21-,27-25-,33-31-,38-37-,42-41-. The van der Waals surface area contributed by atoms with Gasteiger partial charge in [0.2, 0.25) is 0 Å². The van der Waals surface area contributed by atoms with Crippen molar-refractivity contribution in [2.75, 3.05) is 13.2 Å². The number of hydrogen-bond acceptors (Lipinski definition) is 6. The van der Waals surface area contributed by atoms with Gasteiger partial charge in [-0.3, -0.25) is 14.4 Å². The smallest absolute Gasteiger partial charge is 0.306 e. The van der Waals surface area contributed by atoms with Gasteiger partial charge in [-0.15, -0.1) is 0 Å². The number of hydrogen-bond donors (Lipinski definition) is 0. The first kappa shape index (κ1) is 78.3. The van der Waals surface area contributed by atoms with Crippen molar-refractivity contribution in [2.24, 2.45) is 0 Å². The summed E-state index contributed by atoms with van der Waals surface area (Å²) in [5, 5.41) is 0. The van der Waals surface area contributed by atoms with Gasteiger partial charge >= 0.3 is 17.9 Å². The molecule has 6 heteroatoms. The molecule has 0 aromatic rings. The van der Waals surface area contributed by atoms with Crippen molar-refractivity contribution in [3.63, 3.8) is 0 Å². The number of allylic oxidation sites excluding steroid dienone is 16. The van der Waals surface area contributed by atoms with Crippen molar-refractivity contribution in [3.8, 4) is 0 Å². The van der Waals surface area contributed by atoms with Crippen molar-refractivity contribution < 1.29 is 28.6 Å². The monoisotopic (exact) mass is 1140 g/mol. The Morgan fingerprint density at radius 1 is 0.256 bits per heavy atom. The number of carbonyl (C=O) groups is 3. The Labute approximate surface area is 508 Å². The molecule has 0 aliphatic rings. The van der Waals surface area contributed by atoms with Crippen molar-refractivity contribution in [1.82, 2.24) is 0 Å². The Balaban J connectivity index is 4.29. The molecule has 0 amide bonds. The van der Waals surface area contributed by atoms with Crippen molar-refractivity contribution in [2.45, 2.75) is 354 Å². The molecule has 1 unspecified atom stereocenters. The molecule has 6 nitrogen and oxygen atoms in total. The first-order valence-electron chi connectivity index (χ1n) is 35.2. The van der Waals surface area contributed by atoms with Gasteiger partial charge in [0.05, 0.1) is 0 Å². The number of carbonyl (C=O) groups excluding carboxylic acids is 3. The normalized spacial score (nSPS) is 12.7. The molecule has 0 bridgehead atoms. The van der Waals surface area contributed by atoms with Crippen LogP contribution in [0.2, 0.25) is 0 Å². The van der Waals surface area contributed by atoms with E-state index in [0.717, 1.165) is 128 Å². The van der Waals surface area contributed by atoms with Crippen LogP contribution in [0.1, 0.15) is 348 Å². The fraction of sp³-hybridized carbons (Fsp3) is 0.750. The lowest BCUT2D eigenvalue weighted by Crippen LogP contribution is -2.30. The highest BCUT2D eigenvalue weighted by atomic mass is 16.6. The summed E-state index contributed by atoms with van der Waals surface area (Å²) in [6, 6.07) is 0. The van der Waals surface area contributed by atoms with Gasteiger partial charge in [0.15, 0.2) is 6.10 Å². The summed E-state index contributed by atoms with van der Waals surface area (Å²) in [6.45, 7) is 6.49. The number of unbranched alkanes of at least 4 members (excludes halogenated alkanes) is 37. The summed E-state index contributed by atoms with van der Waals surface area (Å²) in [7, 11) is 0. The Kier molecular flexibility index (Phi) is 66.7. The third-order valence-corrected chi connectivity index (χ3v) is 15.3. The van der Waals surface area contributed by atoms with Crippen LogP contribution >= 0.6 is 0 Å². The summed E-state index contributed by atoms with van der Waals surface area (Å²) in [4.78, 5) is 38.4. The highest BCUT2D eigenvalue weighted by Gasteiger charge is 2.19. The van der Waals surface area contributed by atoms with Gasteiger partial charge in [-0.05, 0) is 96.3 Å². The average Bonchev–Trinajstić information content (AvgIpc) is 3.47. The molecule has 0 fully saturated rings. The van der Waals surface area contributed by atoms with Crippen molar-refractivity contribution >= 4 is 17.9 Å². The molecule has 0 aromatic heterocycles. The first-order chi connectivity index (χ1) is 40.5. The fourth-order valence-corrected chi connectivity index (χ4v) is 10.1. The average molecular weight is 1140 g/mol. The second kappa shape index (κ2) is 69.8. The minimum absolute atomic E-state index is 0.0840. The molecule has 0 aliphatic carbocycles. The predicted octanol–water partition coefficient (Wildman–Crippen LogP) is 24.4. The quantitative estimate of drug-likeness (QED) is 0.0261. The Bertz CT molecular complexity index is 1590. The minimum atomic E-state index is -0.788. The van der Waals surface area contributed by atoms with Crippen LogP contribution in [0.3, 0.4) is 0 Å².